The molecule has 0 aliphatic rings. The lowest BCUT2D eigenvalue weighted by Gasteiger charge is -2.10. The summed E-state index contributed by atoms with van der Waals surface area (Å²) in [6, 6.07) is 11.8. The number of ether oxygens (including phenoxy) is 1. The number of methoxy groups -OCH3 is 1. The van der Waals surface area contributed by atoms with E-state index in [4.69, 9.17) is 17.0 Å². The summed E-state index contributed by atoms with van der Waals surface area (Å²) < 4.78 is 42.6. The van der Waals surface area contributed by atoms with Crippen molar-refractivity contribution >= 4 is 29.2 Å². The molecule has 0 unspecified atom stereocenters. The molecule has 0 saturated carbocycles. The Balaban J connectivity index is 1.92. The maximum absolute atomic E-state index is 12.5. The van der Waals surface area contributed by atoms with Crippen LogP contribution in [0.2, 0.25) is 0 Å². The van der Waals surface area contributed by atoms with Gasteiger partial charge in [0.2, 0.25) is 0 Å². The number of nitrogens with one attached hydrogen (secondary N) is 2. The lowest BCUT2D eigenvalue weighted by molar-refractivity contribution is -0.137. The van der Waals surface area contributed by atoms with Gasteiger partial charge in [0.05, 0.1) is 24.6 Å². The van der Waals surface area contributed by atoms with E-state index in [-0.39, 0.29) is 5.11 Å². The first-order chi connectivity index (χ1) is 11.4. The highest BCUT2D eigenvalue weighted by atomic mass is 32.1. The van der Waals surface area contributed by atoms with E-state index in [9.17, 15) is 13.2 Å². The van der Waals surface area contributed by atoms with Crippen LogP contribution in [0, 0.1) is 0 Å². The molecule has 8 heteroatoms. The van der Waals surface area contributed by atoms with Gasteiger partial charge in [0.25, 0.3) is 0 Å². The smallest absolute Gasteiger partial charge is 0.416 e. The molecule has 2 N–H and O–H groups in total. The third-order valence-corrected chi connectivity index (χ3v) is 3.17. The number of benzene rings is 2. The van der Waals surface area contributed by atoms with Gasteiger partial charge in [0, 0.05) is 0 Å². The Labute approximate surface area is 142 Å². The average Bonchev–Trinajstić information content (AvgIpc) is 2.55. The molecule has 24 heavy (non-hydrogen) atoms. The Morgan fingerprint density at radius 3 is 2.42 bits per heavy atom. The summed E-state index contributed by atoms with van der Waals surface area (Å²) in [5, 5.41) is 7.02. The summed E-state index contributed by atoms with van der Waals surface area (Å²) in [7, 11) is 1.54. The third-order valence-electron chi connectivity index (χ3n) is 2.97. The lowest BCUT2D eigenvalue weighted by Crippen LogP contribution is -2.24. The molecule has 0 fully saturated rings. The summed E-state index contributed by atoms with van der Waals surface area (Å²) in [5.41, 5.74) is 3.06. The quantitative estimate of drug-likeness (QED) is 0.495. The van der Waals surface area contributed by atoms with Crippen LogP contribution in [-0.2, 0) is 6.18 Å². The van der Waals surface area contributed by atoms with Crippen LogP contribution in [0.5, 0.6) is 5.75 Å². The molecule has 0 aliphatic carbocycles. The van der Waals surface area contributed by atoms with Gasteiger partial charge in [0.1, 0.15) is 5.75 Å². The van der Waals surface area contributed by atoms with Gasteiger partial charge in [-0.1, -0.05) is 24.3 Å². The fourth-order valence-electron chi connectivity index (χ4n) is 1.82. The molecule has 126 valence electrons. The molecule has 2 rings (SSSR count). The highest BCUT2D eigenvalue weighted by Gasteiger charge is 2.29. The molecular formula is C16H14F3N3OS. The van der Waals surface area contributed by atoms with Crippen molar-refractivity contribution in [1.29, 1.82) is 0 Å². The Bertz CT molecular complexity index is 730. The van der Waals surface area contributed by atoms with Crippen molar-refractivity contribution in [2.75, 3.05) is 12.4 Å². The minimum absolute atomic E-state index is 0.225. The Morgan fingerprint density at radius 1 is 1.12 bits per heavy atom. The second-order valence-corrected chi connectivity index (χ2v) is 5.05. The average molecular weight is 353 g/mol. The van der Waals surface area contributed by atoms with Crippen LogP contribution >= 0.6 is 12.2 Å². The first-order valence-electron chi connectivity index (χ1n) is 6.80. The molecule has 0 saturated heterocycles. The second-order valence-electron chi connectivity index (χ2n) is 4.64. The lowest BCUT2D eigenvalue weighted by atomic mass is 10.1. The van der Waals surface area contributed by atoms with Gasteiger partial charge in [0.15, 0.2) is 5.11 Å². The van der Waals surface area contributed by atoms with Gasteiger partial charge in [-0.05, 0) is 42.0 Å². The van der Waals surface area contributed by atoms with E-state index >= 15 is 0 Å². The molecule has 2 aromatic carbocycles. The highest BCUT2D eigenvalue weighted by molar-refractivity contribution is 7.80. The number of para-hydroxylation sites is 2. The molecule has 4 nitrogen and oxygen atoms in total. The number of anilines is 1. The maximum atomic E-state index is 12.5. The van der Waals surface area contributed by atoms with Crippen molar-refractivity contribution < 1.29 is 17.9 Å². The van der Waals surface area contributed by atoms with Gasteiger partial charge in [-0.2, -0.15) is 18.3 Å². The second kappa shape index (κ2) is 7.78. The molecule has 0 amide bonds. The summed E-state index contributed by atoms with van der Waals surface area (Å²) in [6.45, 7) is 0. The van der Waals surface area contributed by atoms with Gasteiger partial charge in [-0.15, -0.1) is 0 Å². The summed E-state index contributed by atoms with van der Waals surface area (Å²) in [4.78, 5) is 0. The van der Waals surface area contributed by atoms with E-state index in [1.807, 2.05) is 12.1 Å². The minimum Gasteiger partial charge on any atom is -0.495 e. The normalized spacial score (nSPS) is 11.3. The number of alkyl halides is 3. The van der Waals surface area contributed by atoms with Crippen molar-refractivity contribution in [3.8, 4) is 5.75 Å². The molecule has 0 spiro atoms. The minimum atomic E-state index is -4.35. The highest BCUT2D eigenvalue weighted by Crippen LogP contribution is 2.28. The van der Waals surface area contributed by atoms with Gasteiger partial charge < -0.3 is 10.1 Å². The van der Waals surface area contributed by atoms with Crippen LogP contribution in [0.3, 0.4) is 0 Å². The SMILES string of the molecule is COc1ccccc1NC(=S)N/N=C/c1ccc(C(F)(F)F)cc1. The fraction of sp³-hybridized carbons (Fsp3) is 0.125. The van der Waals surface area contributed by atoms with Crippen molar-refractivity contribution in [1.82, 2.24) is 5.43 Å². The molecule has 0 bridgehead atoms. The van der Waals surface area contributed by atoms with Crippen LogP contribution in [0.15, 0.2) is 53.6 Å². The third kappa shape index (κ3) is 4.95. The number of rotatable bonds is 4. The van der Waals surface area contributed by atoms with E-state index in [0.717, 1.165) is 12.1 Å². The van der Waals surface area contributed by atoms with Crippen molar-refractivity contribution in [2.24, 2.45) is 5.10 Å². The standard InChI is InChI=1S/C16H14F3N3OS/c1-23-14-5-3-2-4-13(14)21-15(24)22-20-10-11-6-8-12(9-7-11)16(17,18)19/h2-10H,1H3,(H2,21,22,24)/b20-10+. The molecule has 0 radical (unpaired) electrons. The zero-order chi connectivity index (χ0) is 17.6. The zero-order valence-electron chi connectivity index (χ0n) is 12.6. The summed E-state index contributed by atoms with van der Waals surface area (Å²) in [5.74, 6) is 0.619. The summed E-state index contributed by atoms with van der Waals surface area (Å²) >= 11 is 5.09. The number of halogens is 3. The van der Waals surface area contributed by atoms with Gasteiger partial charge in [-0.25, -0.2) is 0 Å². The first-order valence-corrected chi connectivity index (χ1v) is 7.21. The van der Waals surface area contributed by atoms with E-state index < -0.39 is 11.7 Å². The maximum Gasteiger partial charge on any atom is 0.416 e. The number of hydrogen-bond donors (Lipinski definition) is 2. The van der Waals surface area contributed by atoms with Crippen LogP contribution in [0.4, 0.5) is 18.9 Å². The van der Waals surface area contributed by atoms with Crippen LogP contribution in [0.25, 0.3) is 0 Å². The number of hydrazone groups is 1. The topological polar surface area (TPSA) is 45.6 Å². The first kappa shape index (κ1) is 17.7. The van der Waals surface area contributed by atoms with Crippen LogP contribution in [-0.4, -0.2) is 18.4 Å². The predicted octanol–water partition coefficient (Wildman–Crippen LogP) is 4.03. The Kier molecular flexibility index (Phi) is 5.75. The van der Waals surface area contributed by atoms with Crippen LogP contribution in [0.1, 0.15) is 11.1 Å². The molecule has 2 aromatic rings. The van der Waals surface area contributed by atoms with Crippen molar-refractivity contribution in [3.05, 3.63) is 59.7 Å². The molecule has 0 atom stereocenters. The molecule has 0 aromatic heterocycles. The number of hydrogen-bond acceptors (Lipinski definition) is 3. The fourth-order valence-corrected chi connectivity index (χ4v) is 1.98. The van der Waals surface area contributed by atoms with E-state index in [1.165, 1.54) is 18.3 Å². The van der Waals surface area contributed by atoms with E-state index in [0.29, 0.717) is 17.0 Å². The van der Waals surface area contributed by atoms with E-state index in [1.54, 1.807) is 19.2 Å². The van der Waals surface area contributed by atoms with E-state index in [2.05, 4.69) is 15.8 Å². The molecule has 0 heterocycles. The van der Waals surface area contributed by atoms with Gasteiger partial charge in [-0.3, -0.25) is 5.43 Å². The van der Waals surface area contributed by atoms with Crippen molar-refractivity contribution in [3.63, 3.8) is 0 Å². The molecular weight excluding hydrogens is 339 g/mol. The number of thiocarbonyl (C=S) groups is 1. The number of nitrogens with zero attached hydrogens (tertiary/aromatic N) is 1. The summed E-state index contributed by atoms with van der Waals surface area (Å²) in [6.07, 6.45) is -2.98. The molecule has 0 aliphatic heterocycles. The largest absolute Gasteiger partial charge is 0.495 e. The monoisotopic (exact) mass is 353 g/mol. The van der Waals surface area contributed by atoms with Crippen LogP contribution < -0.4 is 15.5 Å². The zero-order valence-corrected chi connectivity index (χ0v) is 13.4. The Morgan fingerprint density at radius 2 is 1.79 bits per heavy atom. The Hall–Kier alpha value is -2.61. The van der Waals surface area contributed by atoms with Crippen molar-refractivity contribution in [2.45, 2.75) is 6.18 Å². The predicted molar refractivity (Wildman–Crippen MR) is 91.4 cm³/mol. The van der Waals surface area contributed by atoms with Gasteiger partial charge >= 0.3 is 6.18 Å².